The molecular formula is C21H26N2O4. The van der Waals surface area contributed by atoms with Crippen molar-refractivity contribution in [1.29, 1.82) is 0 Å². The van der Waals surface area contributed by atoms with Gasteiger partial charge in [0.15, 0.2) is 6.29 Å². The zero-order valence-electron chi connectivity index (χ0n) is 15.3. The molecule has 2 aromatic rings. The molecular weight excluding hydrogens is 344 g/mol. The quantitative estimate of drug-likeness (QED) is 0.702. The minimum absolute atomic E-state index is 0.307. The molecule has 0 amide bonds. The molecule has 0 spiro atoms. The lowest BCUT2D eigenvalue weighted by Crippen LogP contribution is -2.22. The van der Waals surface area contributed by atoms with Gasteiger partial charge >= 0.3 is 0 Å². The van der Waals surface area contributed by atoms with Crippen LogP contribution in [0.25, 0.3) is 0 Å². The lowest BCUT2D eigenvalue weighted by atomic mass is 9.87. The van der Waals surface area contributed by atoms with Crippen LogP contribution in [0.1, 0.15) is 54.1 Å². The van der Waals surface area contributed by atoms with Crippen molar-refractivity contribution in [3.8, 4) is 5.75 Å². The van der Waals surface area contributed by atoms with Crippen LogP contribution in [0.2, 0.25) is 0 Å². The van der Waals surface area contributed by atoms with Crippen molar-refractivity contribution in [2.75, 3.05) is 31.7 Å². The Morgan fingerprint density at radius 3 is 2.78 bits per heavy atom. The first-order chi connectivity index (χ1) is 13.2. The number of nitrogens with zero attached hydrogens (tertiary/aromatic N) is 1. The van der Waals surface area contributed by atoms with Gasteiger partial charge in [0.05, 0.1) is 18.5 Å². The molecule has 0 aliphatic carbocycles. The van der Waals surface area contributed by atoms with Gasteiger partial charge in [-0.2, -0.15) is 0 Å². The molecule has 4 rings (SSSR count). The van der Waals surface area contributed by atoms with Gasteiger partial charge in [-0.05, 0) is 48.4 Å². The van der Waals surface area contributed by atoms with Crippen molar-refractivity contribution in [3.05, 3.63) is 53.3 Å². The third-order valence-electron chi connectivity index (χ3n) is 5.57. The Kier molecular flexibility index (Phi) is 5.57. The Hall–Kier alpha value is -2.15. The first kappa shape index (κ1) is 18.2. The fourth-order valence-corrected chi connectivity index (χ4v) is 3.99. The van der Waals surface area contributed by atoms with E-state index in [9.17, 15) is 10.2 Å². The summed E-state index contributed by atoms with van der Waals surface area (Å²) in [6, 6.07) is 8.23. The molecule has 1 atom stereocenters. The smallest absolute Gasteiger partial charge is 0.180 e. The lowest BCUT2D eigenvalue weighted by Gasteiger charge is -2.29. The van der Waals surface area contributed by atoms with Gasteiger partial charge in [-0.3, -0.25) is 4.98 Å². The van der Waals surface area contributed by atoms with Crippen LogP contribution in [0.3, 0.4) is 0 Å². The second-order valence-corrected chi connectivity index (χ2v) is 7.24. The zero-order chi connectivity index (χ0) is 18.6. The second kappa shape index (κ2) is 8.25. The third-order valence-corrected chi connectivity index (χ3v) is 5.57. The summed E-state index contributed by atoms with van der Waals surface area (Å²) in [7, 11) is 0. The van der Waals surface area contributed by atoms with Crippen molar-refractivity contribution >= 4 is 5.69 Å². The van der Waals surface area contributed by atoms with Gasteiger partial charge < -0.3 is 25.0 Å². The van der Waals surface area contributed by atoms with Crippen LogP contribution in [0.5, 0.6) is 5.75 Å². The Bertz CT molecular complexity index is 775. The van der Waals surface area contributed by atoms with Crippen LogP contribution in [-0.4, -0.2) is 41.6 Å². The average molecular weight is 370 g/mol. The van der Waals surface area contributed by atoms with Crippen molar-refractivity contribution in [1.82, 2.24) is 4.98 Å². The maximum absolute atomic E-state index is 9.51. The number of fused-ring (bicyclic) bond motifs is 1. The van der Waals surface area contributed by atoms with E-state index in [1.807, 2.05) is 0 Å². The number of ether oxygens (including phenoxy) is 2. The average Bonchev–Trinajstić information content (AvgIpc) is 2.72. The number of benzene rings is 1. The molecule has 6 heteroatoms. The van der Waals surface area contributed by atoms with E-state index in [1.165, 1.54) is 11.1 Å². The van der Waals surface area contributed by atoms with Crippen molar-refractivity contribution in [2.24, 2.45) is 0 Å². The fraction of sp³-hybridized carbons (Fsp3) is 0.476. The number of hydrogen-bond donors (Lipinski definition) is 3. The van der Waals surface area contributed by atoms with Crippen LogP contribution in [-0.2, 0) is 4.74 Å². The molecule has 27 heavy (non-hydrogen) atoms. The Morgan fingerprint density at radius 1 is 1.11 bits per heavy atom. The van der Waals surface area contributed by atoms with Gasteiger partial charge in [0.25, 0.3) is 0 Å². The van der Waals surface area contributed by atoms with Crippen molar-refractivity contribution in [3.63, 3.8) is 0 Å². The van der Waals surface area contributed by atoms with Gasteiger partial charge in [-0.15, -0.1) is 0 Å². The van der Waals surface area contributed by atoms with Crippen LogP contribution < -0.4 is 10.1 Å². The summed E-state index contributed by atoms with van der Waals surface area (Å²) < 4.78 is 11.4. The second-order valence-electron chi connectivity index (χ2n) is 7.24. The Morgan fingerprint density at radius 2 is 1.96 bits per heavy atom. The van der Waals surface area contributed by atoms with Gasteiger partial charge in [0.1, 0.15) is 5.75 Å². The molecule has 1 aromatic carbocycles. The molecule has 6 nitrogen and oxygen atoms in total. The maximum atomic E-state index is 9.51. The number of hydrogen-bond acceptors (Lipinski definition) is 6. The third kappa shape index (κ3) is 4.08. The summed E-state index contributed by atoms with van der Waals surface area (Å²) in [6.07, 6.45) is 4.73. The highest BCUT2D eigenvalue weighted by Crippen LogP contribution is 2.38. The standard InChI is InChI=1S/C21H26N2O4/c24-21(25)18-3-7-22-13-19(18)23-12-16-6-10-27-20-11-15(1-2-17(16)20)14-4-8-26-9-5-14/h1-3,7,11,13-14,16,21,23-25H,4-6,8-10,12H2/t16-/m1/s1. The van der Waals surface area contributed by atoms with Crippen LogP contribution in [0.15, 0.2) is 36.7 Å². The molecule has 144 valence electrons. The number of aliphatic hydroxyl groups is 2. The van der Waals surface area contributed by atoms with E-state index >= 15 is 0 Å². The molecule has 1 aromatic heterocycles. The summed E-state index contributed by atoms with van der Waals surface area (Å²) in [5.41, 5.74) is 3.63. The predicted molar refractivity (Wildman–Crippen MR) is 102 cm³/mol. The molecule has 0 saturated carbocycles. The Labute approximate surface area is 159 Å². The van der Waals surface area contributed by atoms with E-state index in [0.717, 1.165) is 38.2 Å². The first-order valence-electron chi connectivity index (χ1n) is 9.60. The molecule has 1 saturated heterocycles. The summed E-state index contributed by atoms with van der Waals surface area (Å²) in [6.45, 7) is 3.05. The minimum Gasteiger partial charge on any atom is -0.493 e. The van der Waals surface area contributed by atoms with E-state index < -0.39 is 6.29 Å². The summed E-state index contributed by atoms with van der Waals surface area (Å²) in [5, 5.41) is 22.4. The zero-order valence-corrected chi connectivity index (χ0v) is 15.3. The van der Waals surface area contributed by atoms with Crippen molar-refractivity contribution in [2.45, 2.75) is 37.4 Å². The molecule has 0 radical (unpaired) electrons. The molecule has 2 aliphatic rings. The van der Waals surface area contributed by atoms with E-state index in [-0.39, 0.29) is 0 Å². The van der Waals surface area contributed by atoms with E-state index in [4.69, 9.17) is 9.47 Å². The maximum Gasteiger partial charge on any atom is 0.180 e. The number of pyridine rings is 1. The SMILES string of the molecule is OC(O)c1ccncc1NC[C@H]1CCOc2cc(C3CCOCC3)ccc21. The normalized spacial score (nSPS) is 20.2. The van der Waals surface area contributed by atoms with Crippen molar-refractivity contribution < 1.29 is 19.7 Å². The highest BCUT2D eigenvalue weighted by molar-refractivity contribution is 5.50. The number of rotatable bonds is 5. The number of anilines is 1. The molecule has 3 N–H and O–H groups in total. The summed E-state index contributed by atoms with van der Waals surface area (Å²) in [4.78, 5) is 4.08. The van der Waals surface area contributed by atoms with E-state index in [2.05, 4.69) is 28.5 Å². The van der Waals surface area contributed by atoms with Gasteiger partial charge in [0, 0.05) is 37.4 Å². The summed E-state index contributed by atoms with van der Waals surface area (Å²) >= 11 is 0. The topological polar surface area (TPSA) is 83.8 Å². The summed E-state index contributed by atoms with van der Waals surface area (Å²) in [5.74, 6) is 1.84. The number of nitrogens with one attached hydrogen (secondary N) is 1. The monoisotopic (exact) mass is 370 g/mol. The van der Waals surface area contributed by atoms with E-state index in [1.54, 1.807) is 18.5 Å². The number of aliphatic hydroxyl groups excluding tert-OH is 1. The highest BCUT2D eigenvalue weighted by atomic mass is 16.5. The largest absolute Gasteiger partial charge is 0.493 e. The van der Waals surface area contributed by atoms with Gasteiger partial charge in [0.2, 0.25) is 0 Å². The van der Waals surface area contributed by atoms with Gasteiger partial charge in [-0.1, -0.05) is 12.1 Å². The fourth-order valence-electron chi connectivity index (χ4n) is 3.99. The molecule has 0 unspecified atom stereocenters. The first-order valence-corrected chi connectivity index (χ1v) is 9.60. The minimum atomic E-state index is -1.51. The van der Waals surface area contributed by atoms with Crippen LogP contribution in [0.4, 0.5) is 5.69 Å². The van der Waals surface area contributed by atoms with Gasteiger partial charge in [-0.25, -0.2) is 0 Å². The van der Waals surface area contributed by atoms with Crippen LogP contribution in [0, 0.1) is 0 Å². The molecule has 1 fully saturated rings. The predicted octanol–water partition coefficient (Wildman–Crippen LogP) is 2.94. The molecule has 3 heterocycles. The highest BCUT2D eigenvalue weighted by Gasteiger charge is 2.24. The lowest BCUT2D eigenvalue weighted by molar-refractivity contribution is -0.0419. The number of aromatic nitrogens is 1. The van der Waals surface area contributed by atoms with E-state index in [0.29, 0.717) is 36.2 Å². The molecule has 0 bridgehead atoms. The Balaban J connectivity index is 1.48. The molecule has 2 aliphatic heterocycles. The van der Waals surface area contributed by atoms with Crippen LogP contribution >= 0.6 is 0 Å².